The number of rotatable bonds is 4. The molecule has 3 N–H and O–H groups in total. The van der Waals surface area contributed by atoms with Gasteiger partial charge in [0.2, 0.25) is 0 Å². The summed E-state index contributed by atoms with van der Waals surface area (Å²) in [4.78, 5) is 12.2. The summed E-state index contributed by atoms with van der Waals surface area (Å²) in [5.74, 6) is -0.0210. The molecule has 4 nitrogen and oxygen atoms in total. The predicted molar refractivity (Wildman–Crippen MR) is 107 cm³/mol. The van der Waals surface area contributed by atoms with Crippen molar-refractivity contribution in [3.63, 3.8) is 0 Å². The van der Waals surface area contributed by atoms with Crippen LogP contribution in [-0.2, 0) is 0 Å². The molecule has 7 heteroatoms. The minimum atomic E-state index is -0.423. The first kappa shape index (κ1) is 19.5. The van der Waals surface area contributed by atoms with Gasteiger partial charge in [0.1, 0.15) is 5.75 Å². The number of carbonyl (C=O) groups is 1. The second kappa shape index (κ2) is 8.52. The van der Waals surface area contributed by atoms with Crippen LogP contribution >= 0.6 is 35.4 Å². The zero-order chi connectivity index (χ0) is 18.6. The van der Waals surface area contributed by atoms with Gasteiger partial charge in [-0.05, 0) is 60.5 Å². The number of carbonyl (C=O) groups excluding carboxylic acids is 1. The Bertz CT molecular complexity index is 812. The monoisotopic (exact) mass is 396 g/mol. The van der Waals surface area contributed by atoms with E-state index in [0.29, 0.717) is 22.2 Å². The fraction of sp³-hybridized carbons (Fsp3) is 0.222. The highest BCUT2D eigenvalue weighted by atomic mass is 35.5. The van der Waals surface area contributed by atoms with Crippen molar-refractivity contribution in [2.24, 2.45) is 0 Å². The van der Waals surface area contributed by atoms with Crippen LogP contribution in [0.25, 0.3) is 0 Å². The highest BCUT2D eigenvalue weighted by Gasteiger charge is 2.12. The molecular weight excluding hydrogens is 379 g/mol. The minimum absolute atomic E-state index is 0.0539. The molecule has 0 spiro atoms. The lowest BCUT2D eigenvalue weighted by atomic mass is 9.98. The average molecular weight is 397 g/mol. The van der Waals surface area contributed by atoms with Gasteiger partial charge in [-0.3, -0.25) is 10.1 Å². The summed E-state index contributed by atoms with van der Waals surface area (Å²) >= 11 is 16.9. The number of hydrogen-bond acceptors (Lipinski definition) is 3. The fourth-order valence-corrected chi connectivity index (χ4v) is 2.66. The molecule has 0 aliphatic heterocycles. The number of phenols is 1. The Kier molecular flexibility index (Phi) is 6.64. The Morgan fingerprint density at radius 2 is 1.92 bits per heavy atom. The molecule has 0 heterocycles. The van der Waals surface area contributed by atoms with Crippen molar-refractivity contribution in [3.05, 3.63) is 57.6 Å². The van der Waals surface area contributed by atoms with E-state index in [1.165, 1.54) is 12.1 Å². The second-order valence-corrected chi connectivity index (χ2v) is 6.85. The Hall–Kier alpha value is -1.82. The van der Waals surface area contributed by atoms with Gasteiger partial charge in [0, 0.05) is 5.56 Å². The molecule has 0 radical (unpaired) electrons. The smallest absolute Gasteiger partial charge is 0.257 e. The molecule has 0 saturated carbocycles. The van der Waals surface area contributed by atoms with Crippen LogP contribution in [-0.4, -0.2) is 16.1 Å². The van der Waals surface area contributed by atoms with Crippen LogP contribution in [0.4, 0.5) is 5.69 Å². The number of anilines is 1. The highest BCUT2D eigenvalue weighted by Crippen LogP contribution is 2.29. The number of halogens is 2. The number of aromatic hydroxyl groups is 1. The highest BCUT2D eigenvalue weighted by molar-refractivity contribution is 7.80. The predicted octanol–water partition coefficient (Wildman–Crippen LogP) is 5.34. The van der Waals surface area contributed by atoms with Crippen molar-refractivity contribution >= 4 is 52.1 Å². The van der Waals surface area contributed by atoms with Crippen LogP contribution in [0.2, 0.25) is 10.0 Å². The van der Waals surface area contributed by atoms with Crippen molar-refractivity contribution in [3.8, 4) is 5.75 Å². The summed E-state index contributed by atoms with van der Waals surface area (Å²) in [7, 11) is 0. The van der Waals surface area contributed by atoms with Gasteiger partial charge in [-0.15, -0.1) is 0 Å². The van der Waals surface area contributed by atoms with Gasteiger partial charge in [0.15, 0.2) is 5.11 Å². The molecule has 0 aliphatic carbocycles. The zero-order valence-corrected chi connectivity index (χ0v) is 16.1. The summed E-state index contributed by atoms with van der Waals surface area (Å²) in [6.07, 6.45) is 0.975. The Labute approximate surface area is 162 Å². The van der Waals surface area contributed by atoms with E-state index in [4.69, 9.17) is 35.4 Å². The number of amides is 1. The molecule has 0 saturated heterocycles. The quantitative estimate of drug-likeness (QED) is 0.482. The molecule has 2 aromatic rings. The van der Waals surface area contributed by atoms with Crippen LogP contribution in [0.1, 0.15) is 42.1 Å². The zero-order valence-electron chi connectivity index (χ0n) is 13.8. The molecular formula is C18H18Cl2N2O2S. The Morgan fingerprint density at radius 3 is 2.56 bits per heavy atom. The van der Waals surface area contributed by atoms with E-state index in [2.05, 4.69) is 24.5 Å². The third-order valence-electron chi connectivity index (χ3n) is 3.86. The van der Waals surface area contributed by atoms with Crippen molar-refractivity contribution in [1.29, 1.82) is 0 Å². The molecule has 0 fully saturated rings. The molecule has 25 heavy (non-hydrogen) atoms. The molecule has 2 rings (SSSR count). The van der Waals surface area contributed by atoms with Crippen LogP contribution in [0.15, 0.2) is 36.4 Å². The molecule has 132 valence electrons. The number of thiocarbonyl (C=S) groups is 1. The summed E-state index contributed by atoms with van der Waals surface area (Å²) < 4.78 is 0. The number of phenolic OH excluding ortho intramolecular Hbond substituents is 1. The maximum absolute atomic E-state index is 12.2. The van der Waals surface area contributed by atoms with Crippen molar-refractivity contribution < 1.29 is 9.90 Å². The maximum Gasteiger partial charge on any atom is 0.257 e. The van der Waals surface area contributed by atoms with E-state index in [0.717, 1.165) is 12.0 Å². The van der Waals surface area contributed by atoms with Crippen molar-refractivity contribution in [1.82, 2.24) is 5.32 Å². The number of hydrogen-bond donors (Lipinski definition) is 3. The molecule has 1 amide bonds. The summed E-state index contributed by atoms with van der Waals surface area (Å²) in [6, 6.07) is 9.84. The summed E-state index contributed by atoms with van der Waals surface area (Å²) in [6.45, 7) is 4.19. The van der Waals surface area contributed by atoms with Gasteiger partial charge >= 0.3 is 0 Å². The minimum Gasteiger partial charge on any atom is -0.506 e. The SMILES string of the molecule is CCC(C)c1ccc(O)c(NC(=S)NC(=O)c2ccc(Cl)c(Cl)c2)c1. The lowest BCUT2D eigenvalue weighted by molar-refractivity contribution is 0.0977. The number of nitrogens with one attached hydrogen (secondary N) is 2. The van der Waals surface area contributed by atoms with Gasteiger partial charge in [0.05, 0.1) is 15.7 Å². The molecule has 0 aromatic heterocycles. The molecule has 1 atom stereocenters. The lowest BCUT2D eigenvalue weighted by Crippen LogP contribution is -2.34. The molecule has 0 bridgehead atoms. The maximum atomic E-state index is 12.2. The summed E-state index contributed by atoms with van der Waals surface area (Å²) in [5.41, 5.74) is 1.84. The van der Waals surface area contributed by atoms with Gasteiger partial charge in [0.25, 0.3) is 5.91 Å². The standard InChI is InChI=1S/C18H18Cl2N2O2S/c1-3-10(2)11-5-7-16(23)15(9-11)21-18(25)22-17(24)12-4-6-13(19)14(20)8-12/h4-10,23H,3H2,1-2H3,(H2,21,22,24,25). The summed E-state index contributed by atoms with van der Waals surface area (Å²) in [5, 5.41) is 16.1. The average Bonchev–Trinajstić information content (AvgIpc) is 2.58. The molecule has 1 unspecified atom stereocenters. The Morgan fingerprint density at radius 1 is 1.20 bits per heavy atom. The van der Waals surface area contributed by atoms with Crippen molar-refractivity contribution in [2.75, 3.05) is 5.32 Å². The van der Waals surface area contributed by atoms with E-state index in [1.54, 1.807) is 12.1 Å². The van der Waals surface area contributed by atoms with Gasteiger partial charge in [-0.25, -0.2) is 0 Å². The van der Waals surface area contributed by atoms with E-state index in [9.17, 15) is 9.90 Å². The van der Waals surface area contributed by atoms with Gasteiger partial charge in [-0.2, -0.15) is 0 Å². The van der Waals surface area contributed by atoms with Gasteiger partial charge < -0.3 is 10.4 Å². The van der Waals surface area contributed by atoms with E-state index in [-0.39, 0.29) is 15.9 Å². The first-order valence-electron chi connectivity index (χ1n) is 7.72. The third kappa shape index (κ3) is 5.08. The first-order chi connectivity index (χ1) is 11.8. The van der Waals surface area contributed by atoms with Crippen LogP contribution in [0, 0.1) is 0 Å². The Balaban J connectivity index is 2.09. The molecule has 0 aliphatic rings. The van der Waals surface area contributed by atoms with E-state index < -0.39 is 5.91 Å². The number of benzene rings is 2. The normalized spacial score (nSPS) is 11.7. The first-order valence-corrected chi connectivity index (χ1v) is 8.88. The van der Waals surface area contributed by atoms with Gasteiger partial charge in [-0.1, -0.05) is 43.1 Å². The van der Waals surface area contributed by atoms with Crippen LogP contribution in [0.5, 0.6) is 5.75 Å². The van der Waals surface area contributed by atoms with E-state index >= 15 is 0 Å². The topological polar surface area (TPSA) is 61.4 Å². The van der Waals surface area contributed by atoms with E-state index in [1.807, 2.05) is 12.1 Å². The van der Waals surface area contributed by atoms with Crippen LogP contribution in [0.3, 0.4) is 0 Å². The lowest BCUT2D eigenvalue weighted by Gasteiger charge is -2.15. The van der Waals surface area contributed by atoms with Crippen molar-refractivity contribution in [2.45, 2.75) is 26.2 Å². The van der Waals surface area contributed by atoms with Crippen LogP contribution < -0.4 is 10.6 Å². The largest absolute Gasteiger partial charge is 0.506 e. The third-order valence-corrected chi connectivity index (χ3v) is 4.80. The molecule has 2 aromatic carbocycles. The second-order valence-electron chi connectivity index (χ2n) is 5.62. The fourth-order valence-electron chi connectivity index (χ4n) is 2.16.